The second kappa shape index (κ2) is 9.60. The summed E-state index contributed by atoms with van der Waals surface area (Å²) in [7, 11) is 1.58. The van der Waals surface area contributed by atoms with E-state index < -0.39 is 11.6 Å². The molecule has 156 valence electrons. The van der Waals surface area contributed by atoms with Crippen molar-refractivity contribution in [2.75, 3.05) is 20.3 Å². The number of carboxylic acid groups (broad SMARTS) is 1. The minimum Gasteiger partial charge on any atom is -0.550 e. The molecule has 0 spiro atoms. The van der Waals surface area contributed by atoms with Gasteiger partial charge in [-0.25, -0.2) is 4.79 Å². The Bertz CT molecular complexity index is 1100. The Kier molecular flexibility index (Phi) is 6.69. The Labute approximate surface area is 172 Å². The van der Waals surface area contributed by atoms with Gasteiger partial charge in [0.1, 0.15) is 17.1 Å². The van der Waals surface area contributed by atoms with Gasteiger partial charge in [0.05, 0.1) is 7.11 Å². The predicted molar refractivity (Wildman–Crippen MR) is 107 cm³/mol. The fraction of sp³-hybridized carbons (Fsp3) is 0.227. The molecule has 0 atom stereocenters. The van der Waals surface area contributed by atoms with Gasteiger partial charge >= 0.3 is 5.63 Å². The molecular weight excluding hydrogens is 390 g/mol. The van der Waals surface area contributed by atoms with Gasteiger partial charge in [-0.1, -0.05) is 12.1 Å². The van der Waals surface area contributed by atoms with E-state index in [0.717, 1.165) is 10.9 Å². The number of fused-ring (bicyclic) bond motifs is 1. The molecule has 2 aromatic carbocycles. The summed E-state index contributed by atoms with van der Waals surface area (Å²) >= 11 is 0. The van der Waals surface area contributed by atoms with E-state index >= 15 is 0 Å². The molecule has 0 bridgehead atoms. The Balaban J connectivity index is 1.72. The molecule has 1 aromatic heterocycles. The molecule has 0 fully saturated rings. The van der Waals surface area contributed by atoms with Gasteiger partial charge in [0.15, 0.2) is 6.61 Å². The number of methoxy groups -OCH3 is 1. The number of amides is 1. The summed E-state index contributed by atoms with van der Waals surface area (Å²) in [5, 5.41) is 13.6. The number of carbonyl (C=O) groups is 2. The highest BCUT2D eigenvalue weighted by Crippen LogP contribution is 2.30. The van der Waals surface area contributed by atoms with Crippen molar-refractivity contribution in [2.45, 2.75) is 12.8 Å². The van der Waals surface area contributed by atoms with E-state index in [9.17, 15) is 19.5 Å². The minimum absolute atomic E-state index is 0.124. The summed E-state index contributed by atoms with van der Waals surface area (Å²) in [6, 6.07) is 13.7. The summed E-state index contributed by atoms with van der Waals surface area (Å²) in [5.41, 5.74) is 1.37. The first kappa shape index (κ1) is 20.9. The lowest BCUT2D eigenvalue weighted by Crippen LogP contribution is -2.31. The summed E-state index contributed by atoms with van der Waals surface area (Å²) in [5.74, 6) is -0.476. The van der Waals surface area contributed by atoms with Crippen molar-refractivity contribution in [3.05, 3.63) is 59.0 Å². The molecule has 0 saturated heterocycles. The Hall–Kier alpha value is -3.81. The molecule has 0 aliphatic rings. The Morgan fingerprint density at radius 3 is 2.50 bits per heavy atom. The Morgan fingerprint density at radius 1 is 1.07 bits per heavy atom. The molecule has 0 aliphatic heterocycles. The molecule has 8 nitrogen and oxygen atoms in total. The fourth-order valence-corrected chi connectivity index (χ4v) is 2.90. The molecule has 1 amide bonds. The summed E-state index contributed by atoms with van der Waals surface area (Å²) < 4.78 is 15.9. The smallest absolute Gasteiger partial charge is 0.336 e. The zero-order valence-electron chi connectivity index (χ0n) is 16.3. The van der Waals surface area contributed by atoms with E-state index in [2.05, 4.69) is 5.32 Å². The van der Waals surface area contributed by atoms with Gasteiger partial charge < -0.3 is 29.1 Å². The van der Waals surface area contributed by atoms with Crippen molar-refractivity contribution in [1.29, 1.82) is 0 Å². The normalized spacial score (nSPS) is 10.6. The largest absolute Gasteiger partial charge is 0.550 e. The van der Waals surface area contributed by atoms with Crippen LogP contribution in [0, 0.1) is 0 Å². The Morgan fingerprint density at radius 2 is 1.80 bits per heavy atom. The number of rotatable bonds is 9. The highest BCUT2D eigenvalue weighted by atomic mass is 16.5. The average molecular weight is 410 g/mol. The van der Waals surface area contributed by atoms with Crippen LogP contribution in [-0.4, -0.2) is 32.1 Å². The van der Waals surface area contributed by atoms with Crippen LogP contribution in [0.5, 0.6) is 11.5 Å². The first-order valence-electron chi connectivity index (χ1n) is 9.28. The van der Waals surface area contributed by atoms with Gasteiger partial charge in [0.25, 0.3) is 5.91 Å². The molecule has 8 heteroatoms. The van der Waals surface area contributed by atoms with Crippen LogP contribution >= 0.6 is 0 Å². The third-order valence-corrected chi connectivity index (χ3v) is 4.37. The van der Waals surface area contributed by atoms with Gasteiger partial charge in [-0.15, -0.1) is 0 Å². The van der Waals surface area contributed by atoms with Gasteiger partial charge in [-0.05, 0) is 48.2 Å². The van der Waals surface area contributed by atoms with Gasteiger partial charge in [-0.3, -0.25) is 4.79 Å². The third-order valence-electron chi connectivity index (χ3n) is 4.37. The van der Waals surface area contributed by atoms with Crippen molar-refractivity contribution < 1.29 is 28.6 Å². The number of benzene rings is 2. The number of aliphatic carboxylic acids is 1. The highest BCUT2D eigenvalue weighted by Gasteiger charge is 2.10. The topological polar surface area (TPSA) is 118 Å². The second-order valence-electron chi connectivity index (χ2n) is 6.48. The number of carboxylic acids is 1. The average Bonchev–Trinajstić information content (AvgIpc) is 2.74. The van der Waals surface area contributed by atoms with Crippen LogP contribution in [0.3, 0.4) is 0 Å². The third kappa shape index (κ3) is 5.38. The standard InChI is InChI=1S/C22H21NO7/c1-28-15-6-4-14(5-7-15)18-12-22(27)30-19-11-16(8-9-17(18)19)29-13-20(24)23-10-2-3-21(25)26/h4-9,11-12H,2-3,10,13H2,1H3,(H,23,24)(H,25,26)/p-1. The predicted octanol–water partition coefficient (Wildman–Crippen LogP) is 1.49. The number of carbonyl (C=O) groups excluding carboxylic acids is 2. The van der Waals surface area contributed by atoms with E-state index in [4.69, 9.17) is 13.9 Å². The maximum atomic E-state index is 12.0. The highest BCUT2D eigenvalue weighted by molar-refractivity contribution is 5.93. The lowest BCUT2D eigenvalue weighted by atomic mass is 10.0. The van der Waals surface area contributed by atoms with Gasteiger partial charge in [0, 0.05) is 30.0 Å². The van der Waals surface area contributed by atoms with Crippen LogP contribution in [0.15, 0.2) is 57.7 Å². The fourth-order valence-electron chi connectivity index (χ4n) is 2.90. The molecule has 30 heavy (non-hydrogen) atoms. The lowest BCUT2D eigenvalue weighted by molar-refractivity contribution is -0.305. The van der Waals surface area contributed by atoms with Gasteiger partial charge in [0.2, 0.25) is 0 Å². The van der Waals surface area contributed by atoms with Crippen molar-refractivity contribution in [2.24, 2.45) is 0 Å². The molecule has 1 heterocycles. The summed E-state index contributed by atoms with van der Waals surface area (Å²) in [6.07, 6.45) is 0.157. The van der Waals surface area contributed by atoms with E-state index in [1.807, 2.05) is 12.1 Å². The minimum atomic E-state index is -1.16. The molecule has 0 saturated carbocycles. The van der Waals surface area contributed by atoms with E-state index in [1.54, 1.807) is 37.4 Å². The van der Waals surface area contributed by atoms with Crippen LogP contribution in [0.25, 0.3) is 22.1 Å². The van der Waals surface area contributed by atoms with Crippen molar-refractivity contribution >= 4 is 22.8 Å². The van der Waals surface area contributed by atoms with Crippen molar-refractivity contribution in [3.8, 4) is 22.6 Å². The first-order chi connectivity index (χ1) is 14.5. The number of nitrogens with one attached hydrogen (secondary N) is 1. The first-order valence-corrected chi connectivity index (χ1v) is 9.28. The van der Waals surface area contributed by atoms with Crippen LogP contribution in [-0.2, 0) is 9.59 Å². The summed E-state index contributed by atoms with van der Waals surface area (Å²) in [4.78, 5) is 34.2. The van der Waals surface area contributed by atoms with Crippen LogP contribution in [0.2, 0.25) is 0 Å². The molecule has 1 N–H and O–H groups in total. The van der Waals surface area contributed by atoms with Crippen LogP contribution in [0.1, 0.15) is 12.8 Å². The molecule has 0 unspecified atom stereocenters. The monoisotopic (exact) mass is 410 g/mol. The summed E-state index contributed by atoms with van der Waals surface area (Å²) in [6.45, 7) is -0.0345. The van der Waals surface area contributed by atoms with Crippen molar-refractivity contribution in [3.63, 3.8) is 0 Å². The molecule has 3 rings (SSSR count). The number of hydrogen-bond acceptors (Lipinski definition) is 7. The second-order valence-corrected chi connectivity index (χ2v) is 6.48. The van der Waals surface area contributed by atoms with Crippen LogP contribution in [0.4, 0.5) is 0 Å². The molecule has 0 radical (unpaired) electrons. The van der Waals surface area contributed by atoms with Crippen LogP contribution < -0.4 is 25.5 Å². The zero-order valence-corrected chi connectivity index (χ0v) is 16.3. The van der Waals surface area contributed by atoms with Gasteiger partial charge in [-0.2, -0.15) is 0 Å². The maximum absolute atomic E-state index is 12.0. The lowest BCUT2D eigenvalue weighted by Gasteiger charge is -2.10. The van der Waals surface area contributed by atoms with E-state index in [-0.39, 0.29) is 31.9 Å². The van der Waals surface area contributed by atoms with E-state index in [0.29, 0.717) is 22.6 Å². The molecular formula is C22H20NO7-. The quantitative estimate of drug-likeness (QED) is 0.419. The number of ether oxygens (including phenoxy) is 2. The SMILES string of the molecule is COc1ccc(-c2cc(=O)oc3cc(OCC(=O)NCCCC(=O)[O-])ccc23)cc1. The molecule has 3 aromatic rings. The molecule has 0 aliphatic carbocycles. The zero-order chi connectivity index (χ0) is 21.5. The maximum Gasteiger partial charge on any atom is 0.336 e. The van der Waals surface area contributed by atoms with E-state index in [1.165, 1.54) is 6.07 Å². The number of hydrogen-bond donors (Lipinski definition) is 1. The van der Waals surface area contributed by atoms with Crippen molar-refractivity contribution in [1.82, 2.24) is 5.32 Å².